The summed E-state index contributed by atoms with van der Waals surface area (Å²) < 4.78 is 38.6. The molecule has 0 amide bonds. The molecule has 1 heterocycles. The molecule has 0 unspecified atom stereocenters. The van der Waals surface area contributed by atoms with Crippen molar-refractivity contribution in [2.75, 3.05) is 34.4 Å². The molecule has 1 aliphatic heterocycles. The number of sulfonamides is 1. The summed E-state index contributed by atoms with van der Waals surface area (Å²) in [5.74, 6) is 1.21. The number of aryl methyl sites for hydroxylation is 1. The van der Waals surface area contributed by atoms with Gasteiger partial charge in [0.25, 0.3) is 0 Å². The first kappa shape index (κ1) is 17.1. The zero-order chi connectivity index (χ0) is 16.5. The molecule has 1 aromatic carbocycles. The first-order valence-corrected chi connectivity index (χ1v) is 8.70. The lowest BCUT2D eigenvalue weighted by atomic mass is 10.1. The molecule has 0 spiro atoms. The Morgan fingerprint density at radius 3 is 2.27 bits per heavy atom. The highest BCUT2D eigenvalue weighted by atomic mass is 32.2. The highest BCUT2D eigenvalue weighted by molar-refractivity contribution is 7.89. The molecular formula is C15H24N2O4S. The molecule has 1 N–H and O–H groups in total. The number of likely N-dealkylation sites (N-methyl/N-ethyl adjacent to an activating group) is 1. The molecule has 1 aliphatic rings. The van der Waals surface area contributed by atoms with Gasteiger partial charge < -0.3 is 14.4 Å². The summed E-state index contributed by atoms with van der Waals surface area (Å²) in [6.45, 7) is 5.41. The molecular weight excluding hydrogens is 304 g/mol. The summed E-state index contributed by atoms with van der Waals surface area (Å²) in [5.41, 5.74) is 0.629. The quantitative estimate of drug-likeness (QED) is 0.881. The summed E-state index contributed by atoms with van der Waals surface area (Å²) in [5, 5.41) is 0. The van der Waals surface area contributed by atoms with Gasteiger partial charge in [0.15, 0.2) is 11.5 Å². The van der Waals surface area contributed by atoms with E-state index in [-0.39, 0.29) is 16.9 Å². The third-order valence-corrected chi connectivity index (χ3v) is 5.70. The highest BCUT2D eigenvalue weighted by Crippen LogP contribution is 2.32. The van der Waals surface area contributed by atoms with Crippen LogP contribution in [0.1, 0.15) is 12.5 Å². The summed E-state index contributed by atoms with van der Waals surface area (Å²) in [4.78, 5) is 2.35. The fraction of sp³-hybridized carbons (Fsp3) is 0.600. The summed E-state index contributed by atoms with van der Waals surface area (Å²) in [7, 11) is 1.41. The molecule has 2 rings (SSSR count). The lowest BCUT2D eigenvalue weighted by Crippen LogP contribution is -2.39. The molecule has 0 aromatic heterocycles. The molecule has 0 saturated carbocycles. The fourth-order valence-corrected chi connectivity index (χ4v) is 4.45. The molecule has 0 aliphatic carbocycles. The van der Waals surface area contributed by atoms with Crippen LogP contribution >= 0.6 is 0 Å². The van der Waals surface area contributed by atoms with Crippen LogP contribution in [0.3, 0.4) is 0 Å². The highest BCUT2D eigenvalue weighted by Gasteiger charge is 2.32. The van der Waals surface area contributed by atoms with Crippen LogP contribution in [0.5, 0.6) is 11.5 Å². The third kappa shape index (κ3) is 3.37. The van der Waals surface area contributed by atoms with Crippen LogP contribution in [-0.4, -0.2) is 53.7 Å². The number of methoxy groups -OCH3 is 2. The zero-order valence-corrected chi connectivity index (χ0v) is 14.5. The average Bonchev–Trinajstić information content (AvgIpc) is 2.75. The van der Waals surface area contributed by atoms with Gasteiger partial charge in [-0.2, -0.15) is 0 Å². The molecule has 0 radical (unpaired) electrons. The van der Waals surface area contributed by atoms with Gasteiger partial charge in [-0.1, -0.05) is 6.92 Å². The molecule has 6 nitrogen and oxygen atoms in total. The van der Waals surface area contributed by atoms with E-state index in [1.165, 1.54) is 20.3 Å². The maximum Gasteiger partial charge on any atom is 0.241 e. The number of nitrogens with one attached hydrogen (secondary N) is 1. The Hall–Kier alpha value is -1.31. The van der Waals surface area contributed by atoms with E-state index in [4.69, 9.17) is 9.47 Å². The van der Waals surface area contributed by atoms with Gasteiger partial charge in [0, 0.05) is 25.2 Å². The van der Waals surface area contributed by atoms with Gasteiger partial charge >= 0.3 is 0 Å². The summed E-state index contributed by atoms with van der Waals surface area (Å²) >= 11 is 0. The number of benzene rings is 1. The number of rotatable bonds is 5. The first-order chi connectivity index (χ1) is 10.3. The SMILES string of the molecule is COc1cc(C)c(S(=O)(=O)N[C@H]2CN(C)C[C@@H]2C)cc1OC. The fourth-order valence-electron chi connectivity index (χ4n) is 2.88. The van der Waals surface area contributed by atoms with Gasteiger partial charge in [-0.05, 0) is 31.5 Å². The van der Waals surface area contributed by atoms with E-state index in [0.29, 0.717) is 23.6 Å². The standard InChI is InChI=1S/C15H24N2O4S/c1-10-6-13(20-4)14(21-5)7-15(10)22(18,19)16-12-9-17(3)8-11(12)2/h6-7,11-12,16H,8-9H2,1-5H3/t11-,12-/m0/s1. The second kappa shape index (κ2) is 6.44. The van der Waals surface area contributed by atoms with E-state index in [0.717, 1.165) is 6.54 Å². The number of ether oxygens (including phenoxy) is 2. The van der Waals surface area contributed by atoms with E-state index < -0.39 is 10.0 Å². The van der Waals surface area contributed by atoms with Crippen LogP contribution in [0.2, 0.25) is 0 Å². The van der Waals surface area contributed by atoms with Crippen molar-refractivity contribution in [3.05, 3.63) is 17.7 Å². The second-order valence-electron chi connectivity index (χ2n) is 5.90. The average molecular weight is 328 g/mol. The van der Waals surface area contributed by atoms with Crippen molar-refractivity contribution in [3.63, 3.8) is 0 Å². The lowest BCUT2D eigenvalue weighted by molar-refractivity contribution is 0.353. The molecule has 22 heavy (non-hydrogen) atoms. The minimum Gasteiger partial charge on any atom is -0.493 e. The maximum absolute atomic E-state index is 12.7. The largest absolute Gasteiger partial charge is 0.493 e. The minimum atomic E-state index is -3.60. The van der Waals surface area contributed by atoms with E-state index in [1.54, 1.807) is 13.0 Å². The monoisotopic (exact) mass is 328 g/mol. The Labute approximate surface area is 132 Å². The zero-order valence-electron chi connectivity index (χ0n) is 13.7. The Balaban J connectivity index is 2.33. The Bertz CT molecular complexity index is 645. The molecule has 1 saturated heterocycles. The minimum absolute atomic E-state index is 0.0810. The van der Waals surface area contributed by atoms with Crippen molar-refractivity contribution in [3.8, 4) is 11.5 Å². The lowest BCUT2D eigenvalue weighted by Gasteiger charge is -2.19. The van der Waals surface area contributed by atoms with Gasteiger partial charge in [-0.15, -0.1) is 0 Å². The normalized spacial score (nSPS) is 22.8. The van der Waals surface area contributed by atoms with Crippen molar-refractivity contribution in [2.24, 2.45) is 5.92 Å². The van der Waals surface area contributed by atoms with Crippen LogP contribution in [0.15, 0.2) is 17.0 Å². The molecule has 0 bridgehead atoms. The van der Waals surface area contributed by atoms with E-state index in [1.807, 2.05) is 7.05 Å². The van der Waals surface area contributed by atoms with Crippen LogP contribution in [0.25, 0.3) is 0 Å². The predicted octanol–water partition coefficient (Wildman–Crippen LogP) is 1.24. The van der Waals surface area contributed by atoms with Crippen LogP contribution < -0.4 is 14.2 Å². The smallest absolute Gasteiger partial charge is 0.241 e. The number of hydrogen-bond donors (Lipinski definition) is 1. The van der Waals surface area contributed by atoms with Crippen molar-refractivity contribution >= 4 is 10.0 Å². The molecule has 2 atom stereocenters. The van der Waals surface area contributed by atoms with Crippen molar-refractivity contribution in [1.29, 1.82) is 0 Å². The Morgan fingerprint density at radius 1 is 1.18 bits per heavy atom. The Kier molecular flexibility index (Phi) is 4.99. The van der Waals surface area contributed by atoms with Crippen LogP contribution in [0.4, 0.5) is 0 Å². The van der Waals surface area contributed by atoms with Crippen molar-refractivity contribution in [2.45, 2.75) is 24.8 Å². The van der Waals surface area contributed by atoms with Gasteiger partial charge in [-0.3, -0.25) is 0 Å². The van der Waals surface area contributed by atoms with E-state index in [2.05, 4.69) is 16.5 Å². The molecule has 7 heteroatoms. The Morgan fingerprint density at radius 2 is 1.77 bits per heavy atom. The number of hydrogen-bond acceptors (Lipinski definition) is 5. The third-order valence-electron chi connectivity index (χ3n) is 4.07. The topological polar surface area (TPSA) is 67.9 Å². The summed E-state index contributed by atoms with van der Waals surface area (Å²) in [6, 6.07) is 3.11. The van der Waals surface area contributed by atoms with E-state index in [9.17, 15) is 8.42 Å². The van der Waals surface area contributed by atoms with Crippen molar-refractivity contribution in [1.82, 2.24) is 9.62 Å². The second-order valence-corrected chi connectivity index (χ2v) is 7.58. The molecule has 1 aromatic rings. The van der Waals surface area contributed by atoms with Gasteiger partial charge in [-0.25, -0.2) is 13.1 Å². The van der Waals surface area contributed by atoms with Gasteiger partial charge in [0.05, 0.1) is 19.1 Å². The number of likely N-dealkylation sites (tertiary alicyclic amines) is 1. The van der Waals surface area contributed by atoms with Crippen molar-refractivity contribution < 1.29 is 17.9 Å². The van der Waals surface area contributed by atoms with E-state index >= 15 is 0 Å². The molecule has 1 fully saturated rings. The van der Waals surface area contributed by atoms with Gasteiger partial charge in [0.2, 0.25) is 10.0 Å². The van der Waals surface area contributed by atoms with Crippen LogP contribution in [0, 0.1) is 12.8 Å². The van der Waals surface area contributed by atoms with Gasteiger partial charge in [0.1, 0.15) is 0 Å². The van der Waals surface area contributed by atoms with Crippen LogP contribution in [-0.2, 0) is 10.0 Å². The molecule has 124 valence electrons. The predicted molar refractivity (Wildman–Crippen MR) is 85.1 cm³/mol. The number of nitrogens with zero attached hydrogens (tertiary/aromatic N) is 1. The maximum atomic E-state index is 12.7. The first-order valence-electron chi connectivity index (χ1n) is 7.22. The summed E-state index contributed by atoms with van der Waals surface area (Å²) in [6.07, 6.45) is 0.